The standard InChI is InChI=1S/C46H28N4/c1-2-13-30(14-3-1)45-46(48-40-20-10-9-19-39(40)47-45)50-42-26-33-17-7-6-16-32(33)25-36(42)38-27-37-35-18-8-11-21-41(35)49(43(37)28-44(38)50)34-23-22-29-12-4-5-15-31(29)24-34/h1-28H. The van der Waals surface area contributed by atoms with Gasteiger partial charge in [-0.3, -0.25) is 4.57 Å². The van der Waals surface area contributed by atoms with Gasteiger partial charge in [-0.2, -0.15) is 0 Å². The van der Waals surface area contributed by atoms with Gasteiger partial charge in [-0.15, -0.1) is 0 Å². The van der Waals surface area contributed by atoms with Crippen LogP contribution in [0.2, 0.25) is 0 Å². The van der Waals surface area contributed by atoms with Crippen LogP contribution in [0.15, 0.2) is 170 Å². The molecule has 0 spiro atoms. The Hall–Kier alpha value is -6.78. The van der Waals surface area contributed by atoms with E-state index in [9.17, 15) is 0 Å². The smallest absolute Gasteiger partial charge is 0.165 e. The Morgan fingerprint density at radius 1 is 0.340 bits per heavy atom. The molecule has 0 N–H and O–H groups in total. The minimum absolute atomic E-state index is 0.817. The predicted molar refractivity (Wildman–Crippen MR) is 209 cm³/mol. The molecule has 0 radical (unpaired) electrons. The molecule has 3 aromatic heterocycles. The summed E-state index contributed by atoms with van der Waals surface area (Å²) in [6.07, 6.45) is 0. The van der Waals surface area contributed by atoms with Gasteiger partial charge >= 0.3 is 0 Å². The first-order valence-corrected chi connectivity index (χ1v) is 17.0. The highest BCUT2D eigenvalue weighted by molar-refractivity contribution is 6.21. The zero-order valence-corrected chi connectivity index (χ0v) is 27.0. The van der Waals surface area contributed by atoms with Crippen LogP contribution in [-0.4, -0.2) is 19.1 Å². The van der Waals surface area contributed by atoms with E-state index in [1.165, 1.54) is 48.6 Å². The van der Waals surface area contributed by atoms with Gasteiger partial charge in [0.1, 0.15) is 5.69 Å². The Morgan fingerprint density at radius 2 is 0.920 bits per heavy atom. The summed E-state index contributed by atoms with van der Waals surface area (Å²) >= 11 is 0. The van der Waals surface area contributed by atoms with E-state index in [2.05, 4.69) is 155 Å². The first-order chi connectivity index (χ1) is 24.8. The van der Waals surface area contributed by atoms with Gasteiger partial charge in [0.15, 0.2) is 5.82 Å². The Labute approximate surface area is 287 Å². The quantitative estimate of drug-likeness (QED) is 0.193. The second kappa shape index (κ2) is 10.4. The zero-order chi connectivity index (χ0) is 32.8. The monoisotopic (exact) mass is 636 g/mol. The molecule has 0 saturated heterocycles. The summed E-state index contributed by atoms with van der Waals surface area (Å²) in [5.41, 5.74) is 9.29. The van der Waals surface area contributed by atoms with Gasteiger partial charge in [-0.1, -0.05) is 115 Å². The van der Waals surface area contributed by atoms with Gasteiger partial charge in [-0.05, 0) is 76.1 Å². The van der Waals surface area contributed by atoms with Crippen molar-refractivity contribution in [1.82, 2.24) is 19.1 Å². The molecule has 0 atom stereocenters. The fraction of sp³-hybridized carbons (Fsp3) is 0. The van der Waals surface area contributed by atoms with Crippen LogP contribution >= 0.6 is 0 Å². The molecule has 4 nitrogen and oxygen atoms in total. The molecule has 3 heterocycles. The maximum absolute atomic E-state index is 5.41. The van der Waals surface area contributed by atoms with Crippen LogP contribution < -0.4 is 0 Å². The van der Waals surface area contributed by atoms with Gasteiger partial charge < -0.3 is 4.57 Å². The Kier molecular flexibility index (Phi) is 5.63. The van der Waals surface area contributed by atoms with Crippen molar-refractivity contribution < 1.29 is 0 Å². The summed E-state index contributed by atoms with van der Waals surface area (Å²) in [6.45, 7) is 0. The van der Waals surface area contributed by atoms with Crippen molar-refractivity contribution in [3.8, 4) is 22.8 Å². The van der Waals surface area contributed by atoms with Crippen LogP contribution in [0.25, 0.3) is 99.0 Å². The van der Waals surface area contributed by atoms with Crippen molar-refractivity contribution >= 4 is 76.2 Å². The summed E-state index contributed by atoms with van der Waals surface area (Å²) in [7, 11) is 0. The molecule has 0 aliphatic rings. The number of aromatic nitrogens is 4. The van der Waals surface area contributed by atoms with Crippen LogP contribution in [0.1, 0.15) is 0 Å². The van der Waals surface area contributed by atoms with E-state index in [-0.39, 0.29) is 0 Å². The molecule has 4 heteroatoms. The van der Waals surface area contributed by atoms with Gasteiger partial charge in [0, 0.05) is 32.8 Å². The van der Waals surface area contributed by atoms with Crippen molar-refractivity contribution in [2.24, 2.45) is 0 Å². The molecule has 0 fully saturated rings. The van der Waals surface area contributed by atoms with E-state index in [0.29, 0.717) is 0 Å². The number of hydrogen-bond acceptors (Lipinski definition) is 2. The highest BCUT2D eigenvalue weighted by Crippen LogP contribution is 2.42. The Morgan fingerprint density at radius 3 is 1.74 bits per heavy atom. The summed E-state index contributed by atoms with van der Waals surface area (Å²) in [6, 6.07) is 60.8. The predicted octanol–water partition coefficient (Wildman–Crippen LogP) is 11.8. The fourth-order valence-electron chi connectivity index (χ4n) is 7.92. The lowest BCUT2D eigenvalue weighted by Crippen LogP contribution is -2.04. The molecule has 0 aliphatic carbocycles. The first kappa shape index (κ1) is 27.2. The zero-order valence-electron chi connectivity index (χ0n) is 27.0. The second-order valence-corrected chi connectivity index (χ2v) is 13.1. The third-order valence-corrected chi connectivity index (χ3v) is 10.2. The van der Waals surface area contributed by atoms with E-state index in [1.54, 1.807) is 0 Å². The lowest BCUT2D eigenvalue weighted by Gasteiger charge is -2.14. The molecule has 50 heavy (non-hydrogen) atoms. The SMILES string of the molecule is c1ccc(-c2nc3ccccc3nc2-n2c3cc4ccccc4cc3c3cc4c5ccccc5n(-c5ccc6ccccc6c5)c4cc32)cc1. The summed E-state index contributed by atoms with van der Waals surface area (Å²) in [4.78, 5) is 10.7. The molecular weight excluding hydrogens is 609 g/mol. The van der Waals surface area contributed by atoms with E-state index in [0.717, 1.165) is 50.3 Å². The molecule has 0 aliphatic heterocycles. The molecule has 11 rings (SSSR count). The van der Waals surface area contributed by atoms with Crippen molar-refractivity contribution in [2.75, 3.05) is 0 Å². The molecule has 0 bridgehead atoms. The van der Waals surface area contributed by atoms with Crippen LogP contribution in [-0.2, 0) is 0 Å². The van der Waals surface area contributed by atoms with Crippen molar-refractivity contribution in [2.45, 2.75) is 0 Å². The topological polar surface area (TPSA) is 35.6 Å². The third kappa shape index (κ3) is 3.93. The third-order valence-electron chi connectivity index (χ3n) is 10.2. The lowest BCUT2D eigenvalue weighted by atomic mass is 10.0. The average molecular weight is 637 g/mol. The molecular formula is C46H28N4. The number of hydrogen-bond donors (Lipinski definition) is 0. The van der Waals surface area contributed by atoms with Crippen molar-refractivity contribution in [1.29, 1.82) is 0 Å². The van der Waals surface area contributed by atoms with Crippen LogP contribution in [0.5, 0.6) is 0 Å². The van der Waals surface area contributed by atoms with Crippen molar-refractivity contribution in [3.63, 3.8) is 0 Å². The number of rotatable bonds is 3. The minimum atomic E-state index is 0.817. The second-order valence-electron chi connectivity index (χ2n) is 13.1. The summed E-state index contributed by atoms with van der Waals surface area (Å²) < 4.78 is 4.76. The fourth-order valence-corrected chi connectivity index (χ4v) is 7.92. The van der Waals surface area contributed by atoms with Crippen LogP contribution in [0.3, 0.4) is 0 Å². The largest absolute Gasteiger partial charge is 0.309 e. The summed E-state index contributed by atoms with van der Waals surface area (Å²) in [5.74, 6) is 0.817. The number of para-hydroxylation sites is 3. The van der Waals surface area contributed by atoms with Gasteiger partial charge in [0.05, 0.1) is 33.1 Å². The van der Waals surface area contributed by atoms with Crippen LogP contribution in [0, 0.1) is 0 Å². The number of fused-ring (bicyclic) bond motifs is 9. The minimum Gasteiger partial charge on any atom is -0.309 e. The highest BCUT2D eigenvalue weighted by Gasteiger charge is 2.22. The molecule has 8 aromatic carbocycles. The Balaban J connectivity index is 1.33. The molecule has 0 amide bonds. The first-order valence-electron chi connectivity index (χ1n) is 17.0. The number of nitrogens with zero attached hydrogens (tertiary/aromatic N) is 4. The molecule has 0 saturated carbocycles. The maximum Gasteiger partial charge on any atom is 0.165 e. The van der Waals surface area contributed by atoms with Gasteiger partial charge in [0.2, 0.25) is 0 Å². The molecule has 11 aromatic rings. The average Bonchev–Trinajstić information content (AvgIpc) is 3.67. The summed E-state index contributed by atoms with van der Waals surface area (Å²) in [5, 5.41) is 9.69. The molecule has 232 valence electrons. The normalized spacial score (nSPS) is 12.0. The Bertz CT molecular complexity index is 3150. The van der Waals surface area contributed by atoms with E-state index < -0.39 is 0 Å². The van der Waals surface area contributed by atoms with E-state index in [1.807, 2.05) is 24.3 Å². The van der Waals surface area contributed by atoms with E-state index >= 15 is 0 Å². The number of benzene rings is 8. The van der Waals surface area contributed by atoms with Crippen molar-refractivity contribution in [3.05, 3.63) is 170 Å². The lowest BCUT2D eigenvalue weighted by molar-refractivity contribution is 1.08. The molecule has 0 unspecified atom stereocenters. The van der Waals surface area contributed by atoms with Crippen LogP contribution in [0.4, 0.5) is 0 Å². The maximum atomic E-state index is 5.41. The van der Waals surface area contributed by atoms with E-state index in [4.69, 9.17) is 9.97 Å². The van der Waals surface area contributed by atoms with Gasteiger partial charge in [0.25, 0.3) is 0 Å². The van der Waals surface area contributed by atoms with Gasteiger partial charge in [-0.25, -0.2) is 9.97 Å². The highest BCUT2D eigenvalue weighted by atomic mass is 15.1.